The van der Waals surface area contributed by atoms with Crippen LogP contribution in [0.25, 0.3) is 0 Å². The second-order valence-corrected chi connectivity index (χ2v) is 6.15. The van der Waals surface area contributed by atoms with Crippen molar-refractivity contribution in [3.05, 3.63) is 0 Å². The third kappa shape index (κ3) is 8.62. The summed E-state index contributed by atoms with van der Waals surface area (Å²) in [4.78, 5) is 23.3. The maximum absolute atomic E-state index is 11.6. The summed E-state index contributed by atoms with van der Waals surface area (Å²) in [5.41, 5.74) is -0.451. The van der Waals surface area contributed by atoms with Gasteiger partial charge in [-0.25, -0.2) is 0 Å². The maximum Gasteiger partial charge on any atom is 0.239 e. The van der Waals surface area contributed by atoms with Crippen LogP contribution in [0.3, 0.4) is 0 Å². The Morgan fingerprint density at radius 3 is 2.21 bits per heavy atom. The molecule has 4 nitrogen and oxygen atoms in total. The average Bonchev–Trinajstić information content (AvgIpc) is 2.34. The predicted octanol–water partition coefficient (Wildman–Crippen LogP) is 2.48. The first-order valence-corrected chi connectivity index (χ1v) is 7.36. The van der Waals surface area contributed by atoms with Gasteiger partial charge in [0.15, 0.2) is 0 Å². The van der Waals surface area contributed by atoms with Gasteiger partial charge < -0.3 is 10.6 Å². The first kappa shape index (κ1) is 17.9. The van der Waals surface area contributed by atoms with Crippen LogP contribution in [0.4, 0.5) is 0 Å². The molecule has 0 aromatic carbocycles. The Kier molecular flexibility index (Phi) is 8.44. The Morgan fingerprint density at radius 1 is 1.11 bits per heavy atom. The molecule has 0 heterocycles. The topological polar surface area (TPSA) is 58.2 Å². The van der Waals surface area contributed by atoms with Crippen molar-refractivity contribution in [2.75, 3.05) is 13.1 Å². The van der Waals surface area contributed by atoms with Crippen LogP contribution in [0.15, 0.2) is 0 Å². The lowest BCUT2D eigenvalue weighted by atomic mass is 9.96. The molecule has 2 N–H and O–H groups in total. The first-order chi connectivity index (χ1) is 8.81. The third-order valence-corrected chi connectivity index (χ3v) is 3.22. The van der Waals surface area contributed by atoms with E-state index in [9.17, 15) is 9.59 Å². The molecule has 0 aliphatic carbocycles. The van der Waals surface area contributed by atoms with Gasteiger partial charge in [0, 0.05) is 12.0 Å². The molecule has 2 amide bonds. The highest BCUT2D eigenvalue weighted by Crippen LogP contribution is 2.12. The van der Waals surface area contributed by atoms with Crippen molar-refractivity contribution in [1.29, 1.82) is 0 Å². The molecule has 1 unspecified atom stereocenters. The molecule has 0 aromatic rings. The standard InChI is InChI=1S/C15H30N2O2/c1-6-8-9-12(7-2)10-16-13(18)11-17-14(19)15(3,4)5/h12H,6-11H2,1-5H3,(H,16,18)(H,17,19). The van der Waals surface area contributed by atoms with Crippen LogP contribution in [-0.2, 0) is 9.59 Å². The normalized spacial score (nSPS) is 12.9. The van der Waals surface area contributed by atoms with Gasteiger partial charge in [-0.15, -0.1) is 0 Å². The fraction of sp³-hybridized carbons (Fsp3) is 0.867. The minimum absolute atomic E-state index is 0.0698. The summed E-state index contributed by atoms with van der Waals surface area (Å²) in [7, 11) is 0. The van der Waals surface area contributed by atoms with E-state index in [2.05, 4.69) is 24.5 Å². The molecule has 19 heavy (non-hydrogen) atoms. The van der Waals surface area contributed by atoms with Gasteiger partial charge in [-0.1, -0.05) is 53.9 Å². The lowest BCUT2D eigenvalue weighted by molar-refractivity contribution is -0.131. The van der Waals surface area contributed by atoms with Gasteiger partial charge in [0.05, 0.1) is 6.54 Å². The Labute approximate surface area is 117 Å². The maximum atomic E-state index is 11.6. The van der Waals surface area contributed by atoms with Gasteiger partial charge in [-0.05, 0) is 12.3 Å². The van der Waals surface area contributed by atoms with Crippen LogP contribution in [0, 0.1) is 11.3 Å². The monoisotopic (exact) mass is 270 g/mol. The number of unbranched alkanes of at least 4 members (excludes halogenated alkanes) is 1. The molecule has 0 aromatic heterocycles. The van der Waals surface area contributed by atoms with Gasteiger partial charge in [-0.2, -0.15) is 0 Å². The molecular weight excluding hydrogens is 240 g/mol. The summed E-state index contributed by atoms with van der Waals surface area (Å²) >= 11 is 0. The van der Waals surface area contributed by atoms with Crippen molar-refractivity contribution in [3.8, 4) is 0 Å². The van der Waals surface area contributed by atoms with Gasteiger partial charge >= 0.3 is 0 Å². The Bertz CT molecular complexity index is 282. The number of hydrogen-bond donors (Lipinski definition) is 2. The van der Waals surface area contributed by atoms with Crippen molar-refractivity contribution in [1.82, 2.24) is 10.6 Å². The summed E-state index contributed by atoms with van der Waals surface area (Å²) in [5, 5.41) is 5.55. The lowest BCUT2D eigenvalue weighted by Crippen LogP contribution is -2.42. The first-order valence-electron chi connectivity index (χ1n) is 7.36. The highest BCUT2D eigenvalue weighted by Gasteiger charge is 2.21. The molecule has 4 heteroatoms. The summed E-state index contributed by atoms with van der Waals surface area (Å²) in [6, 6.07) is 0. The van der Waals surface area contributed by atoms with Crippen LogP contribution < -0.4 is 10.6 Å². The van der Waals surface area contributed by atoms with Crippen LogP contribution in [0.1, 0.15) is 60.3 Å². The third-order valence-electron chi connectivity index (χ3n) is 3.22. The summed E-state index contributed by atoms with van der Waals surface area (Å²) in [6.45, 7) is 10.6. The highest BCUT2D eigenvalue weighted by molar-refractivity contribution is 5.87. The molecule has 0 saturated carbocycles. The molecule has 0 radical (unpaired) electrons. The Balaban J connectivity index is 3.89. The van der Waals surface area contributed by atoms with Crippen molar-refractivity contribution in [3.63, 3.8) is 0 Å². The molecule has 0 saturated heterocycles. The molecule has 0 bridgehead atoms. The highest BCUT2D eigenvalue weighted by atomic mass is 16.2. The Hall–Kier alpha value is -1.06. The van der Waals surface area contributed by atoms with Crippen molar-refractivity contribution in [2.24, 2.45) is 11.3 Å². The van der Waals surface area contributed by atoms with Crippen LogP contribution in [0.2, 0.25) is 0 Å². The molecule has 0 aliphatic rings. The zero-order valence-corrected chi connectivity index (χ0v) is 13.1. The van der Waals surface area contributed by atoms with E-state index in [1.165, 1.54) is 12.8 Å². The zero-order chi connectivity index (χ0) is 14.9. The molecule has 0 aliphatic heterocycles. The van der Waals surface area contributed by atoms with E-state index < -0.39 is 5.41 Å². The lowest BCUT2D eigenvalue weighted by Gasteiger charge is -2.18. The van der Waals surface area contributed by atoms with E-state index in [4.69, 9.17) is 0 Å². The smallest absolute Gasteiger partial charge is 0.239 e. The van der Waals surface area contributed by atoms with Gasteiger partial charge in [0.1, 0.15) is 0 Å². The van der Waals surface area contributed by atoms with E-state index >= 15 is 0 Å². The van der Waals surface area contributed by atoms with Gasteiger partial charge in [0.2, 0.25) is 11.8 Å². The quantitative estimate of drug-likeness (QED) is 0.712. The second-order valence-electron chi connectivity index (χ2n) is 6.15. The van der Waals surface area contributed by atoms with Crippen molar-refractivity contribution < 1.29 is 9.59 Å². The largest absolute Gasteiger partial charge is 0.354 e. The SMILES string of the molecule is CCCCC(CC)CNC(=O)CNC(=O)C(C)(C)C. The summed E-state index contributed by atoms with van der Waals surface area (Å²) < 4.78 is 0. The molecule has 0 rings (SSSR count). The minimum atomic E-state index is -0.451. The number of hydrogen-bond acceptors (Lipinski definition) is 2. The number of amides is 2. The van der Waals surface area contributed by atoms with Crippen LogP contribution in [0.5, 0.6) is 0 Å². The van der Waals surface area contributed by atoms with Crippen LogP contribution >= 0.6 is 0 Å². The fourth-order valence-electron chi connectivity index (χ4n) is 1.69. The summed E-state index contributed by atoms with van der Waals surface area (Å²) in [5.74, 6) is 0.343. The number of rotatable bonds is 8. The van der Waals surface area contributed by atoms with Crippen molar-refractivity contribution >= 4 is 11.8 Å². The number of carbonyl (C=O) groups is 2. The molecule has 1 atom stereocenters. The van der Waals surface area contributed by atoms with E-state index in [0.717, 1.165) is 12.8 Å². The molecule has 112 valence electrons. The average molecular weight is 270 g/mol. The van der Waals surface area contributed by atoms with E-state index in [0.29, 0.717) is 12.5 Å². The fourth-order valence-corrected chi connectivity index (χ4v) is 1.69. The van der Waals surface area contributed by atoms with E-state index in [-0.39, 0.29) is 18.4 Å². The molecule has 0 spiro atoms. The van der Waals surface area contributed by atoms with Crippen LogP contribution in [-0.4, -0.2) is 24.9 Å². The predicted molar refractivity (Wildman–Crippen MR) is 78.8 cm³/mol. The van der Waals surface area contributed by atoms with Crippen molar-refractivity contribution in [2.45, 2.75) is 60.3 Å². The van der Waals surface area contributed by atoms with E-state index in [1.54, 1.807) is 0 Å². The number of nitrogens with one attached hydrogen (secondary N) is 2. The van der Waals surface area contributed by atoms with E-state index in [1.807, 2.05) is 20.8 Å². The second kappa shape index (κ2) is 8.94. The minimum Gasteiger partial charge on any atom is -0.354 e. The van der Waals surface area contributed by atoms with Gasteiger partial charge in [0.25, 0.3) is 0 Å². The van der Waals surface area contributed by atoms with Gasteiger partial charge in [-0.3, -0.25) is 9.59 Å². The molecular formula is C15H30N2O2. The molecule has 0 fully saturated rings. The number of carbonyl (C=O) groups excluding carboxylic acids is 2. The zero-order valence-electron chi connectivity index (χ0n) is 13.1. The Morgan fingerprint density at radius 2 is 1.74 bits per heavy atom. The summed E-state index contributed by atoms with van der Waals surface area (Å²) in [6.07, 6.45) is 4.62.